The van der Waals surface area contributed by atoms with Crippen LogP contribution in [0.25, 0.3) is 11.1 Å². The molecule has 96 valence electrons. The molecular weight excluding hydrogens is 245 g/mol. The van der Waals surface area contributed by atoms with Gasteiger partial charge >= 0.3 is 0 Å². The first-order valence-electron chi connectivity index (χ1n) is 5.82. The molecule has 19 heavy (non-hydrogen) atoms. The van der Waals surface area contributed by atoms with Crippen LogP contribution in [0.4, 0.5) is 21.8 Å². The third-order valence-electron chi connectivity index (χ3n) is 2.92. The molecule has 4 nitrogen and oxygen atoms in total. The number of aromatic nitrogens is 1. The van der Waals surface area contributed by atoms with E-state index in [-0.39, 0.29) is 5.82 Å². The zero-order valence-corrected chi connectivity index (χ0v) is 10.3. The lowest BCUT2D eigenvalue weighted by molar-refractivity contribution is 0.615. The molecular formula is C14H12FN3O. The number of nitrogens with two attached hydrogens (primary N) is 1. The summed E-state index contributed by atoms with van der Waals surface area (Å²) in [7, 11) is 0. The molecule has 0 saturated heterocycles. The van der Waals surface area contributed by atoms with Crippen molar-refractivity contribution in [3.63, 3.8) is 0 Å². The van der Waals surface area contributed by atoms with Crippen molar-refractivity contribution in [1.29, 1.82) is 0 Å². The van der Waals surface area contributed by atoms with Gasteiger partial charge in [-0.1, -0.05) is 6.07 Å². The number of oxazole rings is 1. The molecule has 0 bridgehead atoms. The highest BCUT2D eigenvalue weighted by Crippen LogP contribution is 2.25. The third-order valence-corrected chi connectivity index (χ3v) is 2.92. The molecule has 1 aromatic heterocycles. The summed E-state index contributed by atoms with van der Waals surface area (Å²) in [5.41, 5.74) is 8.73. The normalized spacial score (nSPS) is 10.8. The van der Waals surface area contributed by atoms with Crippen molar-refractivity contribution < 1.29 is 8.81 Å². The molecule has 0 unspecified atom stereocenters. The van der Waals surface area contributed by atoms with Gasteiger partial charge in [-0.15, -0.1) is 0 Å². The van der Waals surface area contributed by atoms with Crippen LogP contribution in [0.5, 0.6) is 0 Å². The summed E-state index contributed by atoms with van der Waals surface area (Å²) < 4.78 is 19.0. The van der Waals surface area contributed by atoms with Crippen LogP contribution in [-0.4, -0.2) is 4.98 Å². The van der Waals surface area contributed by atoms with Gasteiger partial charge in [0.05, 0.1) is 0 Å². The van der Waals surface area contributed by atoms with E-state index in [1.54, 1.807) is 37.3 Å². The first kappa shape index (κ1) is 11.5. The van der Waals surface area contributed by atoms with E-state index >= 15 is 0 Å². The maximum Gasteiger partial charge on any atom is 0.300 e. The lowest BCUT2D eigenvalue weighted by Gasteiger charge is -2.05. The Hall–Kier alpha value is -2.56. The standard InChI is InChI=1S/C14H12FN3O/c1-8-10(15)3-2-4-11(8)17-14-18-12-7-9(16)5-6-13(12)19-14/h2-7H,16H2,1H3,(H,17,18). The van der Waals surface area contributed by atoms with Crippen LogP contribution in [-0.2, 0) is 0 Å². The molecule has 0 fully saturated rings. The van der Waals surface area contributed by atoms with Crippen molar-refractivity contribution in [3.05, 3.63) is 47.8 Å². The average molecular weight is 257 g/mol. The van der Waals surface area contributed by atoms with E-state index < -0.39 is 0 Å². The van der Waals surface area contributed by atoms with Gasteiger partial charge in [0.15, 0.2) is 5.58 Å². The van der Waals surface area contributed by atoms with E-state index in [1.807, 2.05) is 0 Å². The monoisotopic (exact) mass is 257 g/mol. The van der Waals surface area contributed by atoms with Gasteiger partial charge in [-0.2, -0.15) is 4.98 Å². The number of hydrogen-bond donors (Lipinski definition) is 2. The van der Waals surface area contributed by atoms with Crippen molar-refractivity contribution in [1.82, 2.24) is 4.98 Å². The van der Waals surface area contributed by atoms with Crippen LogP contribution in [0.15, 0.2) is 40.8 Å². The van der Waals surface area contributed by atoms with Crippen molar-refractivity contribution in [2.45, 2.75) is 6.92 Å². The predicted octanol–water partition coefficient (Wildman–Crippen LogP) is 3.60. The quantitative estimate of drug-likeness (QED) is 0.688. The molecule has 0 aliphatic heterocycles. The molecule has 0 radical (unpaired) electrons. The zero-order valence-electron chi connectivity index (χ0n) is 10.3. The van der Waals surface area contributed by atoms with Crippen molar-refractivity contribution in [3.8, 4) is 0 Å². The molecule has 0 spiro atoms. The first-order valence-corrected chi connectivity index (χ1v) is 5.82. The fourth-order valence-corrected chi connectivity index (χ4v) is 1.86. The lowest BCUT2D eigenvalue weighted by atomic mass is 10.2. The number of hydrogen-bond acceptors (Lipinski definition) is 4. The average Bonchev–Trinajstić information content (AvgIpc) is 2.76. The molecule has 3 N–H and O–H groups in total. The second-order valence-electron chi connectivity index (χ2n) is 4.28. The first-order chi connectivity index (χ1) is 9.13. The van der Waals surface area contributed by atoms with Crippen molar-refractivity contribution >= 4 is 28.5 Å². The fourth-order valence-electron chi connectivity index (χ4n) is 1.86. The zero-order chi connectivity index (χ0) is 13.4. The van der Waals surface area contributed by atoms with Gasteiger partial charge in [-0.25, -0.2) is 4.39 Å². The number of benzene rings is 2. The topological polar surface area (TPSA) is 64.1 Å². The number of nitrogen functional groups attached to an aromatic ring is 1. The Morgan fingerprint density at radius 3 is 2.95 bits per heavy atom. The molecule has 2 aromatic carbocycles. The highest BCUT2D eigenvalue weighted by molar-refractivity contribution is 5.79. The Morgan fingerprint density at radius 2 is 2.11 bits per heavy atom. The number of nitrogens with one attached hydrogen (secondary N) is 1. The summed E-state index contributed by atoms with van der Waals surface area (Å²) >= 11 is 0. The minimum Gasteiger partial charge on any atom is -0.423 e. The second-order valence-corrected chi connectivity index (χ2v) is 4.28. The Bertz CT molecular complexity index is 752. The largest absolute Gasteiger partial charge is 0.423 e. The van der Waals surface area contributed by atoms with Crippen LogP contribution >= 0.6 is 0 Å². The van der Waals surface area contributed by atoms with Crippen molar-refractivity contribution in [2.24, 2.45) is 0 Å². The summed E-state index contributed by atoms with van der Waals surface area (Å²) in [5.74, 6) is -0.273. The molecule has 0 amide bonds. The minimum absolute atomic E-state index is 0.273. The fraction of sp³-hybridized carbons (Fsp3) is 0.0714. The van der Waals surface area contributed by atoms with Gasteiger partial charge in [-0.3, -0.25) is 0 Å². The van der Waals surface area contributed by atoms with Crippen LogP contribution in [0.3, 0.4) is 0 Å². The smallest absolute Gasteiger partial charge is 0.300 e. The summed E-state index contributed by atoms with van der Waals surface area (Å²) in [4.78, 5) is 4.26. The predicted molar refractivity (Wildman–Crippen MR) is 72.8 cm³/mol. The van der Waals surface area contributed by atoms with Gasteiger partial charge in [0.2, 0.25) is 0 Å². The number of rotatable bonds is 2. The Morgan fingerprint density at radius 1 is 1.26 bits per heavy atom. The van der Waals surface area contributed by atoms with E-state index in [9.17, 15) is 4.39 Å². The molecule has 0 aliphatic carbocycles. The summed E-state index contributed by atoms with van der Waals surface area (Å²) in [6, 6.07) is 10.3. The molecule has 3 rings (SSSR count). The number of anilines is 3. The van der Waals surface area contributed by atoms with E-state index in [0.717, 1.165) is 0 Å². The highest BCUT2D eigenvalue weighted by Gasteiger charge is 2.09. The van der Waals surface area contributed by atoms with Crippen molar-refractivity contribution in [2.75, 3.05) is 11.1 Å². The van der Waals surface area contributed by atoms with Crippen LogP contribution in [0.2, 0.25) is 0 Å². The maximum atomic E-state index is 13.4. The second kappa shape index (κ2) is 4.28. The summed E-state index contributed by atoms with van der Waals surface area (Å²) in [6.45, 7) is 1.69. The molecule has 5 heteroatoms. The van der Waals surface area contributed by atoms with Gasteiger partial charge in [-0.05, 0) is 37.3 Å². The third kappa shape index (κ3) is 2.10. The number of fused-ring (bicyclic) bond motifs is 1. The minimum atomic E-state index is -0.273. The number of nitrogens with zero attached hydrogens (tertiary/aromatic N) is 1. The Balaban J connectivity index is 1.99. The van der Waals surface area contributed by atoms with Gasteiger partial charge in [0, 0.05) is 16.9 Å². The van der Waals surface area contributed by atoms with E-state index in [2.05, 4.69) is 10.3 Å². The molecule has 0 atom stereocenters. The Kier molecular flexibility index (Phi) is 2.59. The van der Waals surface area contributed by atoms with Gasteiger partial charge < -0.3 is 15.5 Å². The van der Waals surface area contributed by atoms with Crippen LogP contribution < -0.4 is 11.1 Å². The summed E-state index contributed by atoms with van der Waals surface area (Å²) in [5, 5.41) is 2.96. The molecule has 0 saturated carbocycles. The molecule has 0 aliphatic rings. The summed E-state index contributed by atoms with van der Waals surface area (Å²) in [6.07, 6.45) is 0. The van der Waals surface area contributed by atoms with Gasteiger partial charge in [0.25, 0.3) is 6.01 Å². The highest BCUT2D eigenvalue weighted by atomic mass is 19.1. The SMILES string of the molecule is Cc1c(F)cccc1Nc1nc2cc(N)ccc2o1. The van der Waals surface area contributed by atoms with Crippen LogP contribution in [0.1, 0.15) is 5.56 Å². The lowest BCUT2D eigenvalue weighted by Crippen LogP contribution is -1.95. The molecule has 1 heterocycles. The van der Waals surface area contributed by atoms with Gasteiger partial charge in [0.1, 0.15) is 11.3 Å². The van der Waals surface area contributed by atoms with Crippen LogP contribution in [0, 0.1) is 12.7 Å². The maximum absolute atomic E-state index is 13.4. The van der Waals surface area contributed by atoms with E-state index in [0.29, 0.717) is 34.1 Å². The van der Waals surface area contributed by atoms with E-state index in [1.165, 1.54) is 6.07 Å². The van der Waals surface area contributed by atoms with E-state index in [4.69, 9.17) is 10.2 Å². The number of halogens is 1. The Labute approximate surface area is 109 Å². The molecule has 3 aromatic rings.